The third-order valence-corrected chi connectivity index (χ3v) is 5.32. The minimum absolute atomic E-state index is 0.204. The Kier molecular flexibility index (Phi) is 7.96. The van der Waals surface area contributed by atoms with Crippen LogP contribution in [0.4, 0.5) is 4.79 Å². The van der Waals surface area contributed by atoms with Crippen LogP contribution in [0.5, 0.6) is 0 Å². The second-order valence-corrected chi connectivity index (χ2v) is 9.05. The van der Waals surface area contributed by atoms with Gasteiger partial charge in [0.1, 0.15) is 17.1 Å². The number of amides is 1. The predicted octanol–water partition coefficient (Wildman–Crippen LogP) is 4.89. The highest BCUT2D eigenvalue weighted by Gasteiger charge is 2.34. The maximum absolute atomic E-state index is 12.9. The maximum atomic E-state index is 12.9. The monoisotopic (exact) mass is 471 g/mol. The van der Waals surface area contributed by atoms with Crippen LogP contribution in [0.15, 0.2) is 24.3 Å². The number of nitrogens with one attached hydrogen (secondary N) is 1. The van der Waals surface area contributed by atoms with Gasteiger partial charge in [-0.3, -0.25) is 4.90 Å². The molecule has 184 valence electrons. The van der Waals surface area contributed by atoms with Crippen LogP contribution < -0.4 is 0 Å². The normalized spacial score (nSPS) is 16.1. The summed E-state index contributed by atoms with van der Waals surface area (Å²) < 4.78 is 15.9. The summed E-state index contributed by atoms with van der Waals surface area (Å²) in [6.07, 6.45) is 2.06. The number of carbonyl (C=O) groups is 3. The standard InChI is InChI=1S/C25H33N3O6/c1-6-32-22(29)17-13-11-16(12-14-17)19-20(23(30)33-7-2)27-21(26-19)18-10-8-9-15-28(18)24(31)34-25(3,4)5/h11-14,18H,6-10,15H2,1-5H3,(H,26,27)/t18-/m0/s1. The topological polar surface area (TPSA) is 111 Å². The Labute approximate surface area is 199 Å². The number of rotatable bonds is 6. The van der Waals surface area contributed by atoms with Crippen molar-refractivity contribution in [2.45, 2.75) is 65.5 Å². The molecule has 1 atom stereocenters. The molecular weight excluding hydrogens is 438 g/mol. The highest BCUT2D eigenvalue weighted by molar-refractivity contribution is 5.95. The molecule has 2 aromatic rings. The molecule has 1 aliphatic heterocycles. The van der Waals surface area contributed by atoms with Gasteiger partial charge in [0.15, 0.2) is 5.69 Å². The van der Waals surface area contributed by atoms with E-state index in [1.165, 1.54) is 0 Å². The number of hydrogen-bond acceptors (Lipinski definition) is 7. The second-order valence-electron chi connectivity index (χ2n) is 9.05. The molecule has 0 bridgehead atoms. The molecule has 34 heavy (non-hydrogen) atoms. The van der Waals surface area contributed by atoms with Gasteiger partial charge in [-0.1, -0.05) is 12.1 Å². The summed E-state index contributed by atoms with van der Waals surface area (Å²) in [7, 11) is 0. The number of aromatic nitrogens is 2. The number of piperidine rings is 1. The number of carbonyl (C=O) groups excluding carboxylic acids is 3. The van der Waals surface area contributed by atoms with E-state index >= 15 is 0 Å². The molecule has 9 heteroatoms. The highest BCUT2D eigenvalue weighted by atomic mass is 16.6. The highest BCUT2D eigenvalue weighted by Crippen LogP contribution is 2.33. The van der Waals surface area contributed by atoms with Crippen LogP contribution >= 0.6 is 0 Å². The molecule has 0 unspecified atom stereocenters. The Bertz CT molecular complexity index is 1020. The van der Waals surface area contributed by atoms with Crippen LogP contribution in [0.1, 0.15) is 86.6 Å². The van der Waals surface area contributed by atoms with E-state index < -0.39 is 23.6 Å². The number of imidazole rings is 1. The van der Waals surface area contributed by atoms with Crippen molar-refractivity contribution in [2.75, 3.05) is 19.8 Å². The third-order valence-electron chi connectivity index (χ3n) is 5.32. The fraction of sp³-hybridized carbons (Fsp3) is 0.520. The van der Waals surface area contributed by atoms with Crippen molar-refractivity contribution in [1.82, 2.24) is 14.9 Å². The molecule has 1 aromatic carbocycles. The van der Waals surface area contributed by atoms with E-state index in [9.17, 15) is 14.4 Å². The first-order valence-electron chi connectivity index (χ1n) is 11.7. The molecule has 1 aliphatic rings. The van der Waals surface area contributed by atoms with Crippen LogP contribution in [-0.2, 0) is 14.2 Å². The zero-order valence-electron chi connectivity index (χ0n) is 20.5. The summed E-state index contributed by atoms with van der Waals surface area (Å²) in [6.45, 7) is 9.99. The minimum atomic E-state index is -0.621. The first kappa shape index (κ1) is 25.3. The van der Waals surface area contributed by atoms with Gasteiger partial charge in [-0.2, -0.15) is 0 Å². The lowest BCUT2D eigenvalue weighted by Gasteiger charge is -2.35. The molecule has 0 saturated carbocycles. The van der Waals surface area contributed by atoms with E-state index in [0.29, 0.717) is 35.6 Å². The number of ether oxygens (including phenoxy) is 3. The van der Waals surface area contributed by atoms with Crippen molar-refractivity contribution in [3.05, 3.63) is 41.3 Å². The summed E-state index contributed by atoms with van der Waals surface area (Å²) in [5.74, 6) is -0.457. The van der Waals surface area contributed by atoms with E-state index in [0.717, 1.165) is 12.8 Å². The summed E-state index contributed by atoms with van der Waals surface area (Å²) in [4.78, 5) is 47.1. The van der Waals surface area contributed by atoms with Gasteiger partial charge in [0.2, 0.25) is 0 Å². The lowest BCUT2D eigenvalue weighted by atomic mass is 10.0. The number of hydrogen-bond donors (Lipinski definition) is 1. The Morgan fingerprint density at radius 1 is 1.03 bits per heavy atom. The second kappa shape index (κ2) is 10.7. The lowest BCUT2D eigenvalue weighted by Crippen LogP contribution is -2.42. The van der Waals surface area contributed by atoms with E-state index in [1.54, 1.807) is 43.0 Å². The van der Waals surface area contributed by atoms with Crippen molar-refractivity contribution >= 4 is 18.0 Å². The Morgan fingerprint density at radius 2 is 1.68 bits per heavy atom. The third kappa shape index (κ3) is 5.95. The molecule has 1 fully saturated rings. The average molecular weight is 472 g/mol. The SMILES string of the molecule is CCOC(=O)c1ccc(-c2nc([C@@H]3CCCCN3C(=O)OC(C)(C)C)[nH]c2C(=O)OCC)cc1. The minimum Gasteiger partial charge on any atom is -0.462 e. The number of nitrogens with zero attached hydrogens (tertiary/aromatic N) is 2. The van der Waals surface area contributed by atoms with Gasteiger partial charge < -0.3 is 19.2 Å². The van der Waals surface area contributed by atoms with E-state index in [4.69, 9.17) is 19.2 Å². The first-order valence-corrected chi connectivity index (χ1v) is 11.7. The zero-order chi connectivity index (χ0) is 24.9. The first-order chi connectivity index (χ1) is 16.1. The van der Waals surface area contributed by atoms with Crippen LogP contribution in [0.25, 0.3) is 11.3 Å². The van der Waals surface area contributed by atoms with Gasteiger partial charge in [-0.15, -0.1) is 0 Å². The van der Waals surface area contributed by atoms with Crippen molar-refractivity contribution in [3.8, 4) is 11.3 Å². The van der Waals surface area contributed by atoms with Gasteiger partial charge in [-0.25, -0.2) is 19.4 Å². The molecule has 2 heterocycles. The van der Waals surface area contributed by atoms with Gasteiger partial charge in [0.05, 0.1) is 24.8 Å². The van der Waals surface area contributed by atoms with E-state index in [2.05, 4.69) is 4.98 Å². The van der Waals surface area contributed by atoms with Gasteiger partial charge >= 0.3 is 18.0 Å². The fourth-order valence-corrected chi connectivity index (χ4v) is 3.84. The molecular formula is C25H33N3O6. The predicted molar refractivity (Wildman–Crippen MR) is 125 cm³/mol. The van der Waals surface area contributed by atoms with E-state index in [-0.39, 0.29) is 24.9 Å². The molecule has 0 spiro atoms. The molecule has 1 aromatic heterocycles. The smallest absolute Gasteiger partial charge is 0.410 e. The number of esters is 2. The van der Waals surface area contributed by atoms with Crippen molar-refractivity contribution < 1.29 is 28.6 Å². The fourth-order valence-electron chi connectivity index (χ4n) is 3.84. The Morgan fingerprint density at radius 3 is 2.29 bits per heavy atom. The van der Waals surface area contributed by atoms with Crippen molar-refractivity contribution in [1.29, 1.82) is 0 Å². The van der Waals surface area contributed by atoms with Crippen LogP contribution in [-0.4, -0.2) is 58.3 Å². The van der Waals surface area contributed by atoms with Crippen LogP contribution in [0.2, 0.25) is 0 Å². The number of aromatic amines is 1. The molecule has 0 radical (unpaired) electrons. The quantitative estimate of drug-likeness (QED) is 0.471. The van der Waals surface area contributed by atoms with Gasteiger partial charge in [-0.05, 0) is 66.0 Å². The number of likely N-dealkylation sites (tertiary alicyclic amines) is 1. The summed E-state index contributed by atoms with van der Waals surface area (Å²) in [5.41, 5.74) is 1.03. The zero-order valence-corrected chi connectivity index (χ0v) is 20.5. The average Bonchev–Trinajstić information content (AvgIpc) is 3.24. The van der Waals surface area contributed by atoms with E-state index in [1.807, 2.05) is 20.8 Å². The summed E-state index contributed by atoms with van der Waals surface area (Å²) in [6, 6.07) is 6.32. The molecule has 1 amide bonds. The Hall–Kier alpha value is -3.36. The van der Waals surface area contributed by atoms with Gasteiger partial charge in [0, 0.05) is 12.1 Å². The van der Waals surface area contributed by atoms with Crippen LogP contribution in [0.3, 0.4) is 0 Å². The molecule has 1 saturated heterocycles. The molecule has 3 rings (SSSR count). The number of benzene rings is 1. The largest absolute Gasteiger partial charge is 0.462 e. The lowest BCUT2D eigenvalue weighted by molar-refractivity contribution is 0.00852. The Balaban J connectivity index is 1.97. The number of H-pyrrole nitrogens is 1. The summed E-state index contributed by atoms with van der Waals surface area (Å²) >= 11 is 0. The van der Waals surface area contributed by atoms with Crippen molar-refractivity contribution in [2.24, 2.45) is 0 Å². The van der Waals surface area contributed by atoms with Crippen LogP contribution in [0, 0.1) is 0 Å². The van der Waals surface area contributed by atoms with Crippen molar-refractivity contribution in [3.63, 3.8) is 0 Å². The molecule has 1 N–H and O–H groups in total. The summed E-state index contributed by atoms with van der Waals surface area (Å²) in [5, 5.41) is 0. The molecule has 0 aliphatic carbocycles. The van der Waals surface area contributed by atoms with Gasteiger partial charge in [0.25, 0.3) is 0 Å². The maximum Gasteiger partial charge on any atom is 0.410 e. The molecule has 9 nitrogen and oxygen atoms in total.